The maximum atomic E-state index is 14.2. The molecule has 9 rings (SSSR count). The number of aromatic nitrogens is 9. The van der Waals surface area contributed by atoms with Crippen molar-refractivity contribution in [3.8, 4) is 11.5 Å². The molecule has 7 N–H and O–H groups in total. The van der Waals surface area contributed by atoms with Crippen LogP contribution in [0.2, 0.25) is 0 Å². The van der Waals surface area contributed by atoms with Crippen LogP contribution in [0.5, 0.6) is 11.5 Å². The number of benzene rings is 1. The lowest BCUT2D eigenvalue weighted by Gasteiger charge is -2.19. The normalized spacial score (nSPS) is 19.5. The van der Waals surface area contributed by atoms with Crippen LogP contribution in [0.3, 0.4) is 0 Å². The molecule has 2 saturated heterocycles. The van der Waals surface area contributed by atoms with Gasteiger partial charge in [0.25, 0.3) is 11.1 Å². The van der Waals surface area contributed by atoms with Crippen LogP contribution in [-0.2, 0) is 71.5 Å². The quantitative estimate of drug-likeness (QED) is 0.0172. The molecule has 6 bridgehead atoms. The molecular weight excluding hydrogens is 1400 g/mol. The molecule has 0 saturated carbocycles. The van der Waals surface area contributed by atoms with E-state index in [0.717, 1.165) is 37.0 Å². The molecule has 1 aromatic carbocycles. The van der Waals surface area contributed by atoms with Crippen LogP contribution in [-0.4, -0.2) is 208 Å². The fraction of sp³-hybridized carbons (Fsp3) is 0.545. The zero-order chi connectivity index (χ0) is 73.8. The molecule has 5 aromatic rings. The van der Waals surface area contributed by atoms with E-state index in [4.69, 9.17) is 85.4 Å². The number of nitrogens with one attached hydrogen (secondary N) is 3. The number of aryl methyl sites for hydroxylation is 2. The van der Waals surface area contributed by atoms with E-state index >= 15 is 0 Å². The van der Waals surface area contributed by atoms with Crippen molar-refractivity contribution in [3.05, 3.63) is 136 Å². The number of allylic oxidation sites excluding steroid dienone is 4. The number of halogens is 2. The van der Waals surface area contributed by atoms with Gasteiger partial charge in [0.05, 0.1) is 157 Å². The van der Waals surface area contributed by atoms with Crippen LogP contribution in [0, 0.1) is 18.6 Å². The summed E-state index contributed by atoms with van der Waals surface area (Å²) in [5.41, 5.74) is 4.38. The number of ether oxygens (including phenoxy) is 10. The van der Waals surface area contributed by atoms with E-state index in [2.05, 4.69) is 4.98 Å². The average Bonchev–Trinajstić information content (AvgIpc) is 1.66. The summed E-state index contributed by atoms with van der Waals surface area (Å²) >= 11 is 0. The molecular formula is C66H87F2N9O24P2. The largest absolute Gasteiger partial charge is 0.487 e. The minimum absolute atomic E-state index is 0.0889. The highest BCUT2D eigenvalue weighted by Gasteiger charge is 2.43. The molecule has 33 nitrogen and oxygen atoms in total. The van der Waals surface area contributed by atoms with Gasteiger partial charge in [0.15, 0.2) is 11.5 Å². The number of methoxy groups -OCH3 is 2. The third-order valence-electron chi connectivity index (χ3n) is 17.0. The number of phosphoric ester groups is 2. The maximum absolute atomic E-state index is 14.2. The van der Waals surface area contributed by atoms with E-state index in [1.807, 2.05) is 49.8 Å². The molecule has 8 heterocycles. The first kappa shape index (κ1) is 79.9. The molecule has 2 unspecified atom stereocenters. The molecule has 2 fully saturated rings. The topological polar surface area (TPSA) is 421 Å². The Morgan fingerprint density at radius 2 is 0.990 bits per heavy atom. The van der Waals surface area contributed by atoms with Crippen molar-refractivity contribution >= 4 is 60.0 Å². The lowest BCUT2D eigenvalue weighted by molar-refractivity contribution is -0.0466. The van der Waals surface area contributed by atoms with Crippen molar-refractivity contribution in [2.45, 2.75) is 116 Å². The Bertz CT molecular complexity index is 4380. The van der Waals surface area contributed by atoms with E-state index in [0.29, 0.717) is 140 Å². The summed E-state index contributed by atoms with van der Waals surface area (Å²) < 4.78 is 136. The summed E-state index contributed by atoms with van der Waals surface area (Å²) in [5, 5.41) is 20.2. The van der Waals surface area contributed by atoms with Crippen LogP contribution in [0.1, 0.15) is 112 Å². The summed E-state index contributed by atoms with van der Waals surface area (Å²) in [5.74, 6) is -1.97. The number of H-pyrrole nitrogens is 3. The Morgan fingerprint density at radius 1 is 0.553 bits per heavy atom. The minimum Gasteiger partial charge on any atom is -0.487 e. The number of aliphatic hydroxyl groups excluding tert-OH is 2. The highest BCUT2D eigenvalue weighted by Crippen LogP contribution is 2.50. The van der Waals surface area contributed by atoms with E-state index < -0.39 is 99.9 Å². The van der Waals surface area contributed by atoms with Gasteiger partial charge in [-0.05, 0) is 97.9 Å². The predicted molar refractivity (Wildman–Crippen MR) is 366 cm³/mol. The smallest absolute Gasteiger partial charge is 0.472 e. The first-order valence-corrected chi connectivity index (χ1v) is 36.5. The molecule has 4 aliphatic rings. The van der Waals surface area contributed by atoms with E-state index in [1.54, 1.807) is 38.7 Å². The number of nitrogens with zero attached hydrogens (tertiary/aromatic N) is 6. The zero-order valence-corrected chi connectivity index (χ0v) is 59.6. The van der Waals surface area contributed by atoms with Gasteiger partial charge >= 0.3 is 27.0 Å². The van der Waals surface area contributed by atoms with Crippen molar-refractivity contribution in [2.24, 2.45) is 0 Å². The Labute approximate surface area is 588 Å². The highest BCUT2D eigenvalue weighted by atomic mass is 31.2. The minimum atomic E-state index is -4.91. The first-order valence-electron chi connectivity index (χ1n) is 33.5. The molecule has 0 aliphatic carbocycles. The maximum Gasteiger partial charge on any atom is 0.472 e. The van der Waals surface area contributed by atoms with Crippen LogP contribution >= 0.6 is 15.6 Å². The number of hydrogen-bond acceptors (Lipinski definition) is 26. The molecule has 4 aromatic heterocycles. The second-order valence-electron chi connectivity index (χ2n) is 23.8. The summed E-state index contributed by atoms with van der Waals surface area (Å²) in [6, 6.07) is 7.15. The Morgan fingerprint density at radius 3 is 1.47 bits per heavy atom. The fourth-order valence-electron chi connectivity index (χ4n) is 11.8. The third-order valence-corrected chi connectivity index (χ3v) is 19.1. The summed E-state index contributed by atoms with van der Waals surface area (Å²) in [7, 11) is -6.64. The van der Waals surface area contributed by atoms with Gasteiger partial charge in [0.2, 0.25) is 11.6 Å². The van der Waals surface area contributed by atoms with Crippen molar-refractivity contribution in [1.29, 1.82) is 0 Å². The number of hydrogen-bond donors (Lipinski definition) is 7. The van der Waals surface area contributed by atoms with Crippen molar-refractivity contribution in [2.75, 3.05) is 120 Å². The number of fused-ring (bicyclic) bond motifs is 7. The number of aromatic amines is 3. The molecule has 0 radical (unpaired) electrons. The fourth-order valence-corrected chi connectivity index (χ4v) is 13.8. The van der Waals surface area contributed by atoms with Gasteiger partial charge in [0.1, 0.15) is 50.1 Å². The monoisotopic (exact) mass is 1490 g/mol. The van der Waals surface area contributed by atoms with Gasteiger partial charge in [-0.15, -0.1) is 0 Å². The van der Waals surface area contributed by atoms with E-state index in [9.17, 15) is 57.1 Å². The van der Waals surface area contributed by atoms with Gasteiger partial charge in [-0.25, -0.2) is 28.7 Å². The number of phosphoric acid groups is 2. The lowest BCUT2D eigenvalue weighted by Crippen LogP contribution is -2.34. The summed E-state index contributed by atoms with van der Waals surface area (Å²) in [4.78, 5) is 98.2. The second kappa shape index (κ2) is 38.2. The standard InChI is InChI=1S/C66H87F2N9O24P2/c1-7-41-42(8-2)48-28-50-44(12-10-14-97-103(86,87)101-58-32-62(99-60(58)38-79)77-36-46(68)64(81)75-66(77)83)40(4)54(73-50)34-70-52-30-56(95-26-24-93-22-20-91-18-16-89-6)55(94-25-23-92-21-19-90-17-15-88-5)29-51(52)69-33-53-39(3)43(49(72-53)27-47(41)71-48)11-9-13-96-102(84,85)100-57-31-61(98-59(57)37-78)76-35-45(67)63(80)74-65(76)82/h27-30,33-36,57-62,72,78-79H,7-26,31-32,37-38H2,1-6H3,(H,84,85)(H,86,87)(H,74,80,82)(H,75,81,83)/t57-,58-,59+,60+,61+,62+/m0/s1. The van der Waals surface area contributed by atoms with Crippen molar-refractivity contribution in [1.82, 2.24) is 44.0 Å². The predicted octanol–water partition coefficient (Wildman–Crippen LogP) is 6.08. The summed E-state index contributed by atoms with van der Waals surface area (Å²) in [6.45, 7) is 9.22. The molecule has 103 heavy (non-hydrogen) atoms. The van der Waals surface area contributed by atoms with Gasteiger partial charge in [-0.1, -0.05) is 13.8 Å². The van der Waals surface area contributed by atoms with Crippen LogP contribution in [0.4, 0.5) is 8.78 Å². The van der Waals surface area contributed by atoms with Crippen molar-refractivity contribution in [3.63, 3.8) is 0 Å². The Balaban J connectivity index is 1.05. The zero-order valence-electron chi connectivity index (χ0n) is 57.8. The first-order chi connectivity index (χ1) is 49.6. The van der Waals surface area contributed by atoms with Gasteiger partial charge < -0.3 is 72.4 Å². The summed E-state index contributed by atoms with van der Waals surface area (Å²) in [6.07, 6.45) is -1.79. The third kappa shape index (κ3) is 21.5. The highest BCUT2D eigenvalue weighted by molar-refractivity contribution is 7.47. The molecule has 564 valence electrons. The Hall–Kier alpha value is -7.22. The van der Waals surface area contributed by atoms with E-state index in [1.165, 1.54) is 0 Å². The molecule has 0 spiro atoms. The average molecular weight is 1490 g/mol. The number of rotatable bonds is 40. The molecule has 8 atom stereocenters. The Kier molecular flexibility index (Phi) is 29.6. The lowest BCUT2D eigenvalue weighted by atomic mass is 9.98. The molecule has 4 aliphatic heterocycles. The molecule has 37 heteroatoms. The SMILES string of the molecule is CCC1=C(CC)c2cc3[nH]c(cnc4cc(OCCOCCOCCOC)c(OCCOCCOCCOC)cc4ncc4nc(cc1n2)C(CCCOP(=O)(O)O[C@H]1C[C@H](n2cc(F)c(=O)[nH]c2=O)O[C@@H]1CO)=C4C)c(C)c3CCCOP(=O)(O)O[C@H]1C[C@H](n2cc(F)c(=O)[nH]c2=O)O[C@@H]1CO. The van der Waals surface area contributed by atoms with Crippen LogP contribution in [0.15, 0.2) is 68.2 Å². The van der Waals surface area contributed by atoms with Crippen molar-refractivity contribution < 1.29 is 103 Å². The van der Waals surface area contributed by atoms with E-state index in [-0.39, 0.29) is 78.2 Å². The van der Waals surface area contributed by atoms with Gasteiger partial charge in [-0.3, -0.25) is 56.8 Å². The van der Waals surface area contributed by atoms with Crippen LogP contribution in [0.25, 0.3) is 44.4 Å². The number of aliphatic hydroxyl groups is 2. The van der Waals surface area contributed by atoms with Gasteiger partial charge in [0, 0.05) is 44.7 Å². The van der Waals surface area contributed by atoms with Crippen LogP contribution < -0.4 is 32.0 Å². The second-order valence-corrected chi connectivity index (χ2v) is 26.6. The van der Waals surface area contributed by atoms with Gasteiger partial charge in [-0.2, -0.15) is 8.78 Å². The molecule has 0 amide bonds.